The van der Waals surface area contributed by atoms with E-state index in [4.69, 9.17) is 0 Å². The molecular weight excluding hydrogens is 468 g/mol. The van der Waals surface area contributed by atoms with Crippen molar-refractivity contribution in [2.45, 2.75) is 20.0 Å². The van der Waals surface area contributed by atoms with E-state index in [1.54, 1.807) is 41.0 Å². The molecule has 3 N–H and O–H groups in total. The van der Waals surface area contributed by atoms with Gasteiger partial charge in [-0.2, -0.15) is 10.1 Å². The first kappa shape index (κ1) is 25.1. The van der Waals surface area contributed by atoms with Crippen LogP contribution >= 0.6 is 0 Å². The minimum atomic E-state index is -0.305. The Labute approximate surface area is 215 Å². The van der Waals surface area contributed by atoms with Gasteiger partial charge in [0.05, 0.1) is 18.4 Å². The van der Waals surface area contributed by atoms with Crippen molar-refractivity contribution in [3.63, 3.8) is 0 Å². The van der Waals surface area contributed by atoms with Crippen LogP contribution in [0.2, 0.25) is 0 Å². The summed E-state index contributed by atoms with van der Waals surface area (Å²) in [5.41, 5.74) is 3.79. The highest BCUT2D eigenvalue weighted by atomic mass is 16.2. The highest BCUT2D eigenvalue weighted by Gasteiger charge is 2.16. The fourth-order valence-electron chi connectivity index (χ4n) is 3.60. The summed E-state index contributed by atoms with van der Waals surface area (Å²) in [6, 6.07) is 17.0. The summed E-state index contributed by atoms with van der Waals surface area (Å²) in [5, 5.41) is 13.4. The van der Waals surface area contributed by atoms with Crippen molar-refractivity contribution in [2.24, 2.45) is 7.05 Å². The molecule has 0 unspecified atom stereocenters. The Hall–Kier alpha value is -4.99. The summed E-state index contributed by atoms with van der Waals surface area (Å²) < 4.78 is 1.67. The normalized spacial score (nSPS) is 10.4. The van der Waals surface area contributed by atoms with E-state index < -0.39 is 0 Å². The number of nitrogens with one attached hydrogen (secondary N) is 3. The number of aromatic nitrogens is 4. The lowest BCUT2D eigenvalue weighted by Gasteiger charge is -2.23. The fraction of sp³-hybridized carbons (Fsp3) is 0.148. The van der Waals surface area contributed by atoms with Crippen LogP contribution in [0.4, 0.5) is 28.8 Å². The van der Waals surface area contributed by atoms with Crippen LogP contribution in [0.3, 0.4) is 0 Å². The van der Waals surface area contributed by atoms with Crippen molar-refractivity contribution < 1.29 is 9.59 Å². The van der Waals surface area contributed by atoms with Crippen LogP contribution in [0.15, 0.2) is 85.8 Å². The van der Waals surface area contributed by atoms with E-state index in [2.05, 4.69) is 37.6 Å². The molecule has 2 amide bonds. The van der Waals surface area contributed by atoms with E-state index in [9.17, 15) is 9.59 Å². The first-order valence-corrected chi connectivity index (χ1v) is 11.6. The van der Waals surface area contributed by atoms with Crippen molar-refractivity contribution in [3.05, 3.63) is 97.0 Å². The van der Waals surface area contributed by atoms with Gasteiger partial charge in [-0.3, -0.25) is 14.3 Å². The maximum atomic E-state index is 12.5. The zero-order valence-corrected chi connectivity index (χ0v) is 20.7. The number of hydrogen-bond acceptors (Lipinski definition) is 7. The molecule has 0 radical (unpaired) electrons. The number of benzene rings is 2. The average molecular weight is 497 g/mol. The minimum absolute atomic E-state index is 0.0681. The van der Waals surface area contributed by atoms with E-state index in [0.717, 1.165) is 16.8 Å². The van der Waals surface area contributed by atoms with E-state index in [1.807, 2.05) is 55.7 Å². The second-order valence-electron chi connectivity index (χ2n) is 8.35. The van der Waals surface area contributed by atoms with Gasteiger partial charge in [-0.15, -0.1) is 0 Å². The third kappa shape index (κ3) is 7.01. The van der Waals surface area contributed by atoms with Gasteiger partial charge in [-0.25, -0.2) is 4.98 Å². The summed E-state index contributed by atoms with van der Waals surface area (Å²) in [4.78, 5) is 35.1. The molecule has 0 aliphatic rings. The molecule has 2 heterocycles. The van der Waals surface area contributed by atoms with Crippen molar-refractivity contribution in [2.75, 3.05) is 16.0 Å². The predicted octanol–water partition coefficient (Wildman–Crippen LogP) is 4.37. The molecule has 0 bridgehead atoms. The first-order valence-electron chi connectivity index (χ1n) is 11.6. The van der Waals surface area contributed by atoms with Gasteiger partial charge in [0.1, 0.15) is 5.82 Å². The smallest absolute Gasteiger partial charge is 0.247 e. The number of nitrogens with zero attached hydrogens (tertiary/aromatic N) is 5. The molecule has 37 heavy (non-hydrogen) atoms. The number of carbonyl (C=O) groups excluding carboxylic acids is 2. The van der Waals surface area contributed by atoms with Gasteiger partial charge < -0.3 is 20.9 Å². The predicted molar refractivity (Wildman–Crippen MR) is 143 cm³/mol. The largest absolute Gasteiger partial charge is 0.340 e. The maximum absolute atomic E-state index is 12.5. The molecule has 0 fully saturated rings. The second-order valence-corrected chi connectivity index (χ2v) is 8.35. The van der Waals surface area contributed by atoms with Gasteiger partial charge in [0.25, 0.3) is 0 Å². The monoisotopic (exact) mass is 496 g/mol. The molecule has 4 rings (SSSR count). The minimum Gasteiger partial charge on any atom is -0.340 e. The van der Waals surface area contributed by atoms with E-state index >= 15 is 0 Å². The van der Waals surface area contributed by atoms with Gasteiger partial charge in [0, 0.05) is 49.8 Å². The topological polar surface area (TPSA) is 117 Å². The Morgan fingerprint density at radius 2 is 1.78 bits per heavy atom. The molecule has 0 saturated heterocycles. The molecule has 4 aromatic rings. The van der Waals surface area contributed by atoms with Crippen LogP contribution in [0.25, 0.3) is 0 Å². The van der Waals surface area contributed by atoms with E-state index in [-0.39, 0.29) is 11.8 Å². The Morgan fingerprint density at radius 1 is 1.00 bits per heavy atom. The quantitative estimate of drug-likeness (QED) is 0.279. The molecule has 188 valence electrons. The summed E-state index contributed by atoms with van der Waals surface area (Å²) in [5.74, 6) is 0.517. The molecule has 2 aromatic heterocycles. The third-order valence-corrected chi connectivity index (χ3v) is 5.43. The summed E-state index contributed by atoms with van der Waals surface area (Å²) >= 11 is 0. The summed E-state index contributed by atoms with van der Waals surface area (Å²) in [6.07, 6.45) is 6.39. The number of aryl methyl sites for hydroxylation is 1. The molecule has 0 atom stereocenters. The molecule has 2 aromatic carbocycles. The van der Waals surface area contributed by atoms with Crippen LogP contribution < -0.4 is 16.0 Å². The number of rotatable bonds is 10. The maximum Gasteiger partial charge on any atom is 0.247 e. The summed E-state index contributed by atoms with van der Waals surface area (Å²) in [7, 11) is 1.82. The highest BCUT2D eigenvalue weighted by Crippen LogP contribution is 2.25. The molecule has 0 aliphatic carbocycles. The molecule has 10 nitrogen and oxygen atoms in total. The highest BCUT2D eigenvalue weighted by molar-refractivity contribution is 5.99. The Kier molecular flexibility index (Phi) is 7.89. The van der Waals surface area contributed by atoms with Gasteiger partial charge in [0.15, 0.2) is 0 Å². The summed E-state index contributed by atoms with van der Waals surface area (Å²) in [6.45, 7) is 5.78. The molecule has 0 spiro atoms. The van der Waals surface area contributed by atoms with E-state index in [0.29, 0.717) is 36.2 Å². The standard InChI is InChI=1S/C27H28N8O2/c1-4-25(37)30-22-11-8-12-23(13-22)31-26-21(14-28-27(33-26)32-24-15-29-34(3)18-24)17-35(19(2)36)16-20-9-6-5-7-10-20/h4-15,18H,1,16-17H2,2-3H3,(H,30,37)(H2,28,31,32,33). The zero-order valence-electron chi connectivity index (χ0n) is 20.7. The third-order valence-electron chi connectivity index (χ3n) is 5.43. The number of anilines is 5. The second kappa shape index (κ2) is 11.6. The first-order chi connectivity index (χ1) is 17.9. The Morgan fingerprint density at radius 3 is 2.49 bits per heavy atom. The van der Waals surface area contributed by atoms with Gasteiger partial charge in [0.2, 0.25) is 17.8 Å². The van der Waals surface area contributed by atoms with Crippen LogP contribution in [-0.4, -0.2) is 36.5 Å². The van der Waals surface area contributed by atoms with Gasteiger partial charge in [-0.1, -0.05) is 43.0 Å². The number of carbonyl (C=O) groups is 2. The van der Waals surface area contributed by atoms with Gasteiger partial charge in [-0.05, 0) is 29.8 Å². The Bertz CT molecular complexity index is 1400. The SMILES string of the molecule is C=CC(=O)Nc1cccc(Nc2nc(Nc3cnn(C)c3)ncc2CN(Cc2ccccc2)C(C)=O)c1. The molecular formula is C27H28N8O2. The molecule has 0 aliphatic heterocycles. The van der Waals surface area contributed by atoms with Crippen molar-refractivity contribution >= 4 is 40.6 Å². The molecule has 0 saturated carbocycles. The molecule has 10 heteroatoms. The van der Waals surface area contributed by atoms with Gasteiger partial charge >= 0.3 is 0 Å². The van der Waals surface area contributed by atoms with Crippen molar-refractivity contribution in [3.8, 4) is 0 Å². The average Bonchev–Trinajstić information content (AvgIpc) is 3.30. The van der Waals surface area contributed by atoms with Crippen LogP contribution in [-0.2, 0) is 29.7 Å². The van der Waals surface area contributed by atoms with Crippen LogP contribution in [0.1, 0.15) is 18.1 Å². The van der Waals surface area contributed by atoms with Crippen LogP contribution in [0, 0.1) is 0 Å². The van der Waals surface area contributed by atoms with E-state index in [1.165, 1.54) is 6.08 Å². The van der Waals surface area contributed by atoms with Crippen molar-refractivity contribution in [1.82, 2.24) is 24.6 Å². The number of amides is 2. The number of hydrogen-bond donors (Lipinski definition) is 3. The lowest BCUT2D eigenvalue weighted by atomic mass is 10.2. The fourth-order valence-corrected chi connectivity index (χ4v) is 3.60. The van der Waals surface area contributed by atoms with Crippen LogP contribution in [0.5, 0.6) is 0 Å². The lowest BCUT2D eigenvalue weighted by Crippen LogP contribution is -2.28. The zero-order chi connectivity index (χ0) is 26.2. The Balaban J connectivity index is 1.64. The van der Waals surface area contributed by atoms with Crippen molar-refractivity contribution in [1.29, 1.82) is 0 Å². The lowest BCUT2D eigenvalue weighted by molar-refractivity contribution is -0.130.